The normalized spacial score (nSPS) is 16.6. The lowest BCUT2D eigenvalue weighted by atomic mass is 10.2. The molecule has 0 unspecified atom stereocenters. The van der Waals surface area contributed by atoms with E-state index in [0.717, 1.165) is 6.07 Å². The van der Waals surface area contributed by atoms with Crippen LogP contribution in [0.15, 0.2) is 18.2 Å². The van der Waals surface area contributed by atoms with Crippen LogP contribution in [0.1, 0.15) is 0 Å². The summed E-state index contributed by atoms with van der Waals surface area (Å²) in [6.45, 7) is 0.979. The van der Waals surface area contributed by atoms with Gasteiger partial charge in [-0.15, -0.1) is 0 Å². The zero-order chi connectivity index (χ0) is 12.4. The lowest BCUT2D eigenvalue weighted by Crippen LogP contribution is -2.53. The molecule has 2 N–H and O–H groups in total. The molecule has 1 fully saturated rings. The number of hydrogen-bond acceptors (Lipinski definition) is 3. The Hall–Kier alpha value is -1.53. The first kappa shape index (κ1) is 11.9. The third-order valence-electron chi connectivity index (χ3n) is 2.51. The maximum absolute atomic E-state index is 13.2. The van der Waals surface area contributed by atoms with Crippen LogP contribution in [0.2, 0.25) is 0 Å². The molecule has 1 saturated heterocycles. The Labute approximate surface area is 96.8 Å². The number of hydrogen-bond donors (Lipinski definition) is 2. The minimum atomic E-state index is -0.804. The highest BCUT2D eigenvalue weighted by Crippen LogP contribution is 2.15. The van der Waals surface area contributed by atoms with Crippen molar-refractivity contribution in [1.82, 2.24) is 4.90 Å². The zero-order valence-corrected chi connectivity index (χ0v) is 8.99. The Balaban J connectivity index is 1.89. The Bertz CT molecular complexity index is 433. The molecule has 1 amide bonds. The summed E-state index contributed by atoms with van der Waals surface area (Å²) < 4.78 is 25.8. The molecule has 17 heavy (non-hydrogen) atoms. The summed E-state index contributed by atoms with van der Waals surface area (Å²) in [7, 11) is 0. The van der Waals surface area contributed by atoms with Crippen molar-refractivity contribution in [2.75, 3.05) is 25.0 Å². The Morgan fingerprint density at radius 1 is 1.47 bits per heavy atom. The summed E-state index contributed by atoms with van der Waals surface area (Å²) in [4.78, 5) is 13.2. The van der Waals surface area contributed by atoms with Gasteiger partial charge in [0.05, 0.1) is 18.3 Å². The smallest absolute Gasteiger partial charge is 0.238 e. The molecule has 6 heteroatoms. The van der Waals surface area contributed by atoms with Crippen LogP contribution in [0.3, 0.4) is 0 Å². The van der Waals surface area contributed by atoms with E-state index >= 15 is 0 Å². The number of likely N-dealkylation sites (tertiary alicyclic amines) is 1. The molecule has 0 aromatic heterocycles. The first-order chi connectivity index (χ1) is 8.04. The molecule has 92 valence electrons. The number of rotatable bonds is 3. The van der Waals surface area contributed by atoms with Crippen molar-refractivity contribution in [3.63, 3.8) is 0 Å². The van der Waals surface area contributed by atoms with Gasteiger partial charge >= 0.3 is 0 Å². The van der Waals surface area contributed by atoms with Crippen LogP contribution in [0.25, 0.3) is 0 Å². The first-order valence-corrected chi connectivity index (χ1v) is 5.20. The van der Waals surface area contributed by atoms with E-state index in [9.17, 15) is 13.6 Å². The molecule has 0 radical (unpaired) electrons. The largest absolute Gasteiger partial charge is 0.390 e. The quantitative estimate of drug-likeness (QED) is 0.815. The summed E-state index contributed by atoms with van der Waals surface area (Å²) in [5.74, 6) is -1.88. The number of nitrogens with zero attached hydrogens (tertiary/aromatic N) is 1. The Kier molecular flexibility index (Phi) is 3.35. The molecule has 1 aromatic rings. The molecular weight excluding hydrogens is 230 g/mol. The number of carbonyl (C=O) groups is 1. The monoisotopic (exact) mass is 242 g/mol. The molecule has 0 saturated carbocycles. The summed E-state index contributed by atoms with van der Waals surface area (Å²) in [5.41, 5.74) is -0.0440. The van der Waals surface area contributed by atoms with Crippen LogP contribution >= 0.6 is 0 Å². The third-order valence-corrected chi connectivity index (χ3v) is 2.51. The number of β-amino-alcohol motifs (C(OH)–C–C–N with tert-alkyl or cyclic N) is 1. The molecule has 0 atom stereocenters. The zero-order valence-electron chi connectivity index (χ0n) is 8.99. The van der Waals surface area contributed by atoms with Gasteiger partial charge in [0.1, 0.15) is 11.6 Å². The van der Waals surface area contributed by atoms with E-state index in [4.69, 9.17) is 5.11 Å². The average molecular weight is 242 g/mol. The van der Waals surface area contributed by atoms with Gasteiger partial charge in [-0.3, -0.25) is 9.69 Å². The van der Waals surface area contributed by atoms with E-state index in [0.29, 0.717) is 19.2 Å². The van der Waals surface area contributed by atoms with Crippen LogP contribution < -0.4 is 5.32 Å². The molecule has 1 aliphatic heterocycles. The molecule has 0 spiro atoms. The van der Waals surface area contributed by atoms with Crippen molar-refractivity contribution >= 4 is 11.6 Å². The highest BCUT2D eigenvalue weighted by molar-refractivity contribution is 5.92. The average Bonchev–Trinajstić information content (AvgIpc) is 2.20. The molecule has 0 bridgehead atoms. The van der Waals surface area contributed by atoms with Crippen LogP contribution in [-0.4, -0.2) is 41.7 Å². The van der Waals surface area contributed by atoms with Crippen LogP contribution in [0.5, 0.6) is 0 Å². The summed E-state index contributed by atoms with van der Waals surface area (Å²) in [6.07, 6.45) is -0.384. The van der Waals surface area contributed by atoms with E-state index in [1.807, 2.05) is 0 Å². The van der Waals surface area contributed by atoms with Gasteiger partial charge in [-0.1, -0.05) is 0 Å². The van der Waals surface area contributed by atoms with Gasteiger partial charge in [0.25, 0.3) is 0 Å². The number of benzene rings is 1. The van der Waals surface area contributed by atoms with Crippen LogP contribution in [-0.2, 0) is 4.79 Å². The van der Waals surface area contributed by atoms with Crippen molar-refractivity contribution in [3.05, 3.63) is 29.8 Å². The Morgan fingerprint density at radius 3 is 2.76 bits per heavy atom. The number of aliphatic hydroxyl groups is 1. The van der Waals surface area contributed by atoms with Gasteiger partial charge in [-0.2, -0.15) is 0 Å². The van der Waals surface area contributed by atoms with Crippen molar-refractivity contribution in [3.8, 4) is 0 Å². The molecule has 2 rings (SSSR count). The number of aliphatic hydroxyl groups excluding tert-OH is 1. The maximum atomic E-state index is 13.2. The molecule has 1 aliphatic rings. The second-order valence-corrected chi connectivity index (χ2v) is 4.02. The molecule has 1 heterocycles. The number of anilines is 1. The summed E-state index contributed by atoms with van der Waals surface area (Å²) in [6, 6.07) is 2.96. The third kappa shape index (κ3) is 2.98. The van der Waals surface area contributed by atoms with Crippen molar-refractivity contribution in [1.29, 1.82) is 0 Å². The fourth-order valence-corrected chi connectivity index (χ4v) is 1.66. The van der Waals surface area contributed by atoms with E-state index in [-0.39, 0.29) is 24.2 Å². The van der Waals surface area contributed by atoms with Crippen molar-refractivity contribution in [2.24, 2.45) is 0 Å². The number of halogens is 2. The van der Waals surface area contributed by atoms with Crippen LogP contribution in [0, 0.1) is 11.6 Å². The molecule has 1 aromatic carbocycles. The van der Waals surface area contributed by atoms with Crippen molar-refractivity contribution < 1.29 is 18.7 Å². The molecule has 4 nitrogen and oxygen atoms in total. The maximum Gasteiger partial charge on any atom is 0.238 e. The minimum Gasteiger partial charge on any atom is -0.390 e. The van der Waals surface area contributed by atoms with Gasteiger partial charge in [0.2, 0.25) is 5.91 Å². The number of amides is 1. The van der Waals surface area contributed by atoms with Crippen LogP contribution in [0.4, 0.5) is 14.5 Å². The molecular formula is C11H12F2N2O2. The lowest BCUT2D eigenvalue weighted by molar-refractivity contribution is -0.119. The SMILES string of the molecule is O=C(CN1CC(O)C1)Nc1ccc(F)cc1F. The highest BCUT2D eigenvalue weighted by atomic mass is 19.1. The predicted octanol–water partition coefficient (Wildman–Crippen LogP) is 0.580. The second-order valence-electron chi connectivity index (χ2n) is 4.02. The Morgan fingerprint density at radius 2 is 2.18 bits per heavy atom. The number of carbonyl (C=O) groups excluding carboxylic acids is 1. The topological polar surface area (TPSA) is 52.6 Å². The number of nitrogens with one attached hydrogen (secondary N) is 1. The minimum absolute atomic E-state index is 0.0440. The fourth-order valence-electron chi connectivity index (χ4n) is 1.66. The van der Waals surface area contributed by atoms with Gasteiger partial charge < -0.3 is 10.4 Å². The summed E-state index contributed by atoms with van der Waals surface area (Å²) >= 11 is 0. The van der Waals surface area contributed by atoms with E-state index < -0.39 is 11.6 Å². The van der Waals surface area contributed by atoms with Gasteiger partial charge in [-0.25, -0.2) is 8.78 Å². The van der Waals surface area contributed by atoms with Gasteiger partial charge in [0.15, 0.2) is 0 Å². The lowest BCUT2D eigenvalue weighted by Gasteiger charge is -2.34. The van der Waals surface area contributed by atoms with E-state index in [1.165, 1.54) is 6.07 Å². The predicted molar refractivity (Wildman–Crippen MR) is 57.4 cm³/mol. The van der Waals surface area contributed by atoms with Gasteiger partial charge in [0, 0.05) is 19.2 Å². The van der Waals surface area contributed by atoms with E-state index in [1.54, 1.807) is 4.90 Å². The van der Waals surface area contributed by atoms with Crippen molar-refractivity contribution in [2.45, 2.75) is 6.10 Å². The molecule has 0 aliphatic carbocycles. The van der Waals surface area contributed by atoms with E-state index in [2.05, 4.69) is 5.32 Å². The highest BCUT2D eigenvalue weighted by Gasteiger charge is 2.26. The van der Waals surface area contributed by atoms with Gasteiger partial charge in [-0.05, 0) is 12.1 Å². The standard InChI is InChI=1S/C11H12F2N2O2/c12-7-1-2-10(9(13)3-7)14-11(17)6-15-4-8(16)5-15/h1-3,8,16H,4-6H2,(H,14,17). The second kappa shape index (κ2) is 4.77. The summed E-state index contributed by atoms with van der Waals surface area (Å²) in [5, 5.41) is 11.4. The fraction of sp³-hybridized carbons (Fsp3) is 0.364. The first-order valence-electron chi connectivity index (χ1n) is 5.20.